The summed E-state index contributed by atoms with van der Waals surface area (Å²) in [7, 11) is 3.91. The Balaban J connectivity index is 0.00000338. The van der Waals surface area contributed by atoms with Gasteiger partial charge in [-0.2, -0.15) is 0 Å². The lowest BCUT2D eigenvalue weighted by Crippen LogP contribution is -2.38. The Kier molecular flexibility index (Phi) is 11.7. The quantitative estimate of drug-likeness (QED) is 0.346. The number of rotatable bonds is 8. The Labute approximate surface area is 176 Å². The highest BCUT2D eigenvalue weighted by Gasteiger charge is 2.15. The van der Waals surface area contributed by atoms with Crippen LogP contribution in [0.25, 0.3) is 0 Å². The molecule has 0 radical (unpaired) electrons. The molecule has 1 saturated heterocycles. The van der Waals surface area contributed by atoms with Crippen LogP contribution in [0.2, 0.25) is 0 Å². The van der Waals surface area contributed by atoms with Gasteiger partial charge >= 0.3 is 0 Å². The fraction of sp³-hybridized carbons (Fsp3) is 0.650. The van der Waals surface area contributed by atoms with Gasteiger partial charge in [0.25, 0.3) is 0 Å². The highest BCUT2D eigenvalue weighted by Crippen LogP contribution is 2.19. The van der Waals surface area contributed by atoms with Crippen LogP contribution in [0.3, 0.4) is 0 Å². The molecule has 5 nitrogen and oxygen atoms in total. The Morgan fingerprint density at radius 3 is 2.50 bits per heavy atom. The normalized spacial score (nSPS) is 16.0. The molecular weight excluding hydrogens is 439 g/mol. The van der Waals surface area contributed by atoms with Crippen molar-refractivity contribution in [2.24, 2.45) is 10.9 Å². The third-order valence-electron chi connectivity index (χ3n) is 4.85. The first kappa shape index (κ1) is 23.0. The van der Waals surface area contributed by atoms with Crippen molar-refractivity contribution in [3.8, 4) is 5.75 Å². The third kappa shape index (κ3) is 8.58. The van der Waals surface area contributed by atoms with Gasteiger partial charge < -0.3 is 20.3 Å². The first-order valence-electron chi connectivity index (χ1n) is 9.55. The minimum absolute atomic E-state index is 0. The van der Waals surface area contributed by atoms with Crippen molar-refractivity contribution in [3.63, 3.8) is 0 Å². The summed E-state index contributed by atoms with van der Waals surface area (Å²) in [5.74, 6) is 2.67. The minimum Gasteiger partial charge on any atom is -0.497 e. The van der Waals surface area contributed by atoms with Gasteiger partial charge in [-0.25, -0.2) is 0 Å². The summed E-state index contributed by atoms with van der Waals surface area (Å²) in [6, 6.07) is 8.25. The maximum Gasteiger partial charge on any atom is 0.191 e. The van der Waals surface area contributed by atoms with Gasteiger partial charge in [-0.3, -0.25) is 4.99 Å². The molecule has 6 heteroatoms. The maximum absolute atomic E-state index is 5.20. The van der Waals surface area contributed by atoms with E-state index in [9.17, 15) is 0 Å². The van der Waals surface area contributed by atoms with E-state index in [4.69, 9.17) is 9.73 Å². The van der Waals surface area contributed by atoms with Crippen LogP contribution in [-0.4, -0.2) is 57.7 Å². The SMILES string of the molecule is CCNC(=NCCC1CCN(C)CC1)NCCc1ccc(OC)cc1.I. The van der Waals surface area contributed by atoms with E-state index in [0.29, 0.717) is 0 Å². The van der Waals surface area contributed by atoms with Crippen molar-refractivity contribution in [1.82, 2.24) is 15.5 Å². The number of hydrogen-bond acceptors (Lipinski definition) is 3. The number of benzene rings is 1. The van der Waals surface area contributed by atoms with Crippen molar-refractivity contribution in [3.05, 3.63) is 29.8 Å². The van der Waals surface area contributed by atoms with Crippen LogP contribution in [0, 0.1) is 5.92 Å². The summed E-state index contributed by atoms with van der Waals surface area (Å²) in [6.45, 7) is 7.25. The predicted octanol–water partition coefficient (Wildman–Crippen LogP) is 3.14. The van der Waals surface area contributed by atoms with Gasteiger partial charge in [-0.15, -0.1) is 24.0 Å². The first-order chi connectivity index (χ1) is 12.2. The molecule has 0 aliphatic carbocycles. The summed E-state index contributed by atoms with van der Waals surface area (Å²) in [5.41, 5.74) is 1.30. The van der Waals surface area contributed by atoms with E-state index in [1.54, 1.807) is 7.11 Å². The van der Waals surface area contributed by atoms with E-state index in [1.807, 2.05) is 12.1 Å². The number of nitrogens with one attached hydrogen (secondary N) is 2. The summed E-state index contributed by atoms with van der Waals surface area (Å²) >= 11 is 0. The molecule has 2 N–H and O–H groups in total. The maximum atomic E-state index is 5.20. The van der Waals surface area contributed by atoms with Crippen molar-refractivity contribution in [2.75, 3.05) is 46.9 Å². The number of piperidine rings is 1. The van der Waals surface area contributed by atoms with Crippen LogP contribution < -0.4 is 15.4 Å². The highest BCUT2D eigenvalue weighted by atomic mass is 127. The predicted molar refractivity (Wildman–Crippen MR) is 121 cm³/mol. The molecule has 0 spiro atoms. The molecule has 0 atom stereocenters. The molecule has 26 heavy (non-hydrogen) atoms. The molecule has 1 aromatic carbocycles. The summed E-state index contributed by atoms with van der Waals surface area (Å²) in [5, 5.41) is 6.78. The number of guanidine groups is 1. The molecule has 1 fully saturated rings. The Bertz CT molecular complexity index is 513. The number of hydrogen-bond donors (Lipinski definition) is 2. The average Bonchev–Trinajstić information content (AvgIpc) is 2.64. The Hall–Kier alpha value is -1.02. The molecule has 0 bridgehead atoms. The Morgan fingerprint density at radius 1 is 1.19 bits per heavy atom. The standard InChI is InChI=1S/C20H34N4O.HI/c1-4-21-20(23-14-10-18-11-15-24(2)16-12-18)22-13-9-17-5-7-19(25-3)8-6-17;/h5-8,18H,4,9-16H2,1-3H3,(H2,21,22,23);1H. The van der Waals surface area contributed by atoms with Crippen LogP contribution in [-0.2, 0) is 6.42 Å². The van der Waals surface area contributed by atoms with Crippen molar-refractivity contribution in [2.45, 2.75) is 32.6 Å². The van der Waals surface area contributed by atoms with Gasteiger partial charge in [-0.1, -0.05) is 12.1 Å². The van der Waals surface area contributed by atoms with Gasteiger partial charge in [0.2, 0.25) is 0 Å². The van der Waals surface area contributed by atoms with Gasteiger partial charge in [0.05, 0.1) is 7.11 Å². The molecule has 1 heterocycles. The zero-order chi connectivity index (χ0) is 17.9. The Morgan fingerprint density at radius 2 is 1.88 bits per heavy atom. The number of likely N-dealkylation sites (tertiary alicyclic amines) is 1. The second-order valence-corrected chi connectivity index (χ2v) is 6.82. The lowest BCUT2D eigenvalue weighted by Gasteiger charge is -2.28. The zero-order valence-electron chi connectivity index (χ0n) is 16.5. The van der Waals surface area contributed by atoms with Gasteiger partial charge in [0.15, 0.2) is 5.96 Å². The number of halogens is 1. The number of nitrogens with zero attached hydrogens (tertiary/aromatic N) is 2. The van der Waals surface area contributed by atoms with Crippen LogP contribution in [0.4, 0.5) is 0 Å². The number of methoxy groups -OCH3 is 1. The monoisotopic (exact) mass is 474 g/mol. The van der Waals surface area contributed by atoms with Gasteiger partial charge in [0.1, 0.15) is 5.75 Å². The molecule has 1 aliphatic rings. The highest BCUT2D eigenvalue weighted by molar-refractivity contribution is 14.0. The smallest absolute Gasteiger partial charge is 0.191 e. The molecule has 0 aromatic heterocycles. The van der Waals surface area contributed by atoms with E-state index in [-0.39, 0.29) is 24.0 Å². The largest absolute Gasteiger partial charge is 0.497 e. The van der Waals surface area contributed by atoms with E-state index in [1.165, 1.54) is 37.9 Å². The average molecular weight is 474 g/mol. The van der Waals surface area contributed by atoms with Crippen LogP contribution >= 0.6 is 24.0 Å². The second kappa shape index (κ2) is 13.2. The fourth-order valence-corrected chi connectivity index (χ4v) is 3.17. The van der Waals surface area contributed by atoms with Gasteiger partial charge in [-0.05, 0) is 76.4 Å². The second-order valence-electron chi connectivity index (χ2n) is 6.82. The number of ether oxygens (including phenoxy) is 1. The molecule has 0 unspecified atom stereocenters. The lowest BCUT2D eigenvalue weighted by molar-refractivity contribution is 0.214. The molecule has 0 amide bonds. The van der Waals surface area contributed by atoms with E-state index in [0.717, 1.165) is 43.7 Å². The summed E-state index contributed by atoms with van der Waals surface area (Å²) < 4.78 is 5.20. The molecule has 148 valence electrons. The van der Waals surface area contributed by atoms with Crippen molar-refractivity contribution in [1.29, 1.82) is 0 Å². The lowest BCUT2D eigenvalue weighted by atomic mass is 9.94. The minimum atomic E-state index is 0. The third-order valence-corrected chi connectivity index (χ3v) is 4.85. The number of aliphatic imine (C=N–C) groups is 1. The van der Waals surface area contributed by atoms with E-state index in [2.05, 4.69) is 41.6 Å². The topological polar surface area (TPSA) is 48.9 Å². The van der Waals surface area contributed by atoms with Crippen LogP contribution in [0.1, 0.15) is 31.7 Å². The zero-order valence-corrected chi connectivity index (χ0v) is 18.8. The molecule has 0 saturated carbocycles. The van der Waals surface area contributed by atoms with E-state index < -0.39 is 0 Å². The van der Waals surface area contributed by atoms with E-state index >= 15 is 0 Å². The van der Waals surface area contributed by atoms with Gasteiger partial charge in [0, 0.05) is 19.6 Å². The first-order valence-corrected chi connectivity index (χ1v) is 9.55. The van der Waals surface area contributed by atoms with Crippen molar-refractivity contribution >= 4 is 29.9 Å². The van der Waals surface area contributed by atoms with Crippen molar-refractivity contribution < 1.29 is 4.74 Å². The summed E-state index contributed by atoms with van der Waals surface area (Å²) in [6.07, 6.45) is 4.80. The van der Waals surface area contributed by atoms with Crippen LogP contribution in [0.15, 0.2) is 29.3 Å². The summed E-state index contributed by atoms with van der Waals surface area (Å²) in [4.78, 5) is 7.17. The molecule has 1 aliphatic heterocycles. The van der Waals surface area contributed by atoms with Crippen LogP contribution in [0.5, 0.6) is 5.75 Å². The molecular formula is C20H35IN4O. The fourth-order valence-electron chi connectivity index (χ4n) is 3.17. The molecule has 2 rings (SSSR count). The molecule has 1 aromatic rings.